The molecular formula is C16H14F2N2OS. The van der Waals surface area contributed by atoms with E-state index in [2.05, 4.69) is 5.32 Å². The van der Waals surface area contributed by atoms with Gasteiger partial charge in [0.25, 0.3) is 5.91 Å². The third kappa shape index (κ3) is 3.68. The lowest BCUT2D eigenvalue weighted by Gasteiger charge is -2.14. The Morgan fingerprint density at radius 3 is 2.50 bits per heavy atom. The first-order chi connectivity index (χ1) is 10.4. The molecule has 0 spiro atoms. The van der Waals surface area contributed by atoms with Crippen LogP contribution >= 0.6 is 11.3 Å². The number of carbonyl (C=O) groups excluding carboxylic acids is 1. The van der Waals surface area contributed by atoms with Crippen LogP contribution in [0.1, 0.15) is 32.6 Å². The average molecular weight is 320 g/mol. The second-order valence-corrected chi connectivity index (χ2v) is 6.39. The first-order valence-electron chi connectivity index (χ1n) is 6.66. The molecule has 1 heterocycles. The summed E-state index contributed by atoms with van der Waals surface area (Å²) in [6, 6.07) is 7.03. The molecule has 1 aromatic carbocycles. The highest BCUT2D eigenvalue weighted by Gasteiger charge is 2.20. The second-order valence-electron chi connectivity index (χ2n) is 5.02. The van der Waals surface area contributed by atoms with Gasteiger partial charge in [-0.15, -0.1) is 11.3 Å². The van der Waals surface area contributed by atoms with Crippen molar-refractivity contribution in [3.63, 3.8) is 0 Å². The van der Waals surface area contributed by atoms with Crippen LogP contribution in [0.25, 0.3) is 0 Å². The summed E-state index contributed by atoms with van der Waals surface area (Å²) >= 11 is 1.61. The van der Waals surface area contributed by atoms with Crippen molar-refractivity contribution in [3.05, 3.63) is 56.8 Å². The number of hydrogen-bond donors (Lipinski definition) is 1. The Kier molecular flexibility index (Phi) is 4.88. The SMILES string of the molecule is Cc1ccc(CC(C)NC(=O)c2c(F)cc(C#N)cc2F)s1. The maximum atomic E-state index is 13.8. The Morgan fingerprint density at radius 1 is 1.36 bits per heavy atom. The van der Waals surface area contributed by atoms with Crippen molar-refractivity contribution in [2.24, 2.45) is 0 Å². The molecule has 1 amide bonds. The molecule has 0 fully saturated rings. The fourth-order valence-corrected chi connectivity index (χ4v) is 3.12. The van der Waals surface area contributed by atoms with E-state index in [4.69, 9.17) is 5.26 Å². The molecule has 3 nitrogen and oxygen atoms in total. The zero-order chi connectivity index (χ0) is 16.3. The van der Waals surface area contributed by atoms with Gasteiger partial charge in [0, 0.05) is 22.2 Å². The van der Waals surface area contributed by atoms with Crippen LogP contribution in [-0.4, -0.2) is 11.9 Å². The van der Waals surface area contributed by atoms with Crippen LogP contribution in [0.15, 0.2) is 24.3 Å². The minimum absolute atomic E-state index is 0.159. The molecule has 22 heavy (non-hydrogen) atoms. The molecule has 6 heteroatoms. The van der Waals surface area contributed by atoms with Gasteiger partial charge < -0.3 is 5.32 Å². The van der Waals surface area contributed by atoms with E-state index < -0.39 is 23.1 Å². The molecule has 1 unspecified atom stereocenters. The van der Waals surface area contributed by atoms with Crippen molar-refractivity contribution >= 4 is 17.2 Å². The van der Waals surface area contributed by atoms with Crippen LogP contribution in [0.3, 0.4) is 0 Å². The van der Waals surface area contributed by atoms with Crippen LogP contribution < -0.4 is 5.32 Å². The van der Waals surface area contributed by atoms with Gasteiger partial charge in [-0.1, -0.05) is 0 Å². The molecule has 0 aliphatic carbocycles. The number of nitrogens with one attached hydrogen (secondary N) is 1. The summed E-state index contributed by atoms with van der Waals surface area (Å²) in [5, 5.41) is 11.2. The third-order valence-electron chi connectivity index (χ3n) is 3.08. The summed E-state index contributed by atoms with van der Waals surface area (Å²) in [5.74, 6) is -2.89. The third-order valence-corrected chi connectivity index (χ3v) is 4.10. The summed E-state index contributed by atoms with van der Waals surface area (Å²) in [6.45, 7) is 3.76. The number of carbonyl (C=O) groups is 1. The van der Waals surface area contributed by atoms with Crippen molar-refractivity contribution < 1.29 is 13.6 Å². The molecule has 2 aromatic rings. The van der Waals surface area contributed by atoms with Gasteiger partial charge in [-0.25, -0.2) is 8.78 Å². The van der Waals surface area contributed by atoms with Crippen LogP contribution in [0.5, 0.6) is 0 Å². The van der Waals surface area contributed by atoms with Gasteiger partial charge in [0.05, 0.1) is 11.6 Å². The lowest BCUT2D eigenvalue weighted by atomic mass is 10.1. The van der Waals surface area contributed by atoms with Gasteiger partial charge in [-0.3, -0.25) is 4.79 Å². The first kappa shape index (κ1) is 16.1. The van der Waals surface area contributed by atoms with Gasteiger partial charge in [-0.05, 0) is 38.1 Å². The van der Waals surface area contributed by atoms with Crippen LogP contribution in [0.4, 0.5) is 8.78 Å². The number of nitriles is 1. The molecule has 0 aliphatic heterocycles. The quantitative estimate of drug-likeness (QED) is 0.936. The van der Waals surface area contributed by atoms with Crippen molar-refractivity contribution in [2.45, 2.75) is 26.3 Å². The zero-order valence-electron chi connectivity index (χ0n) is 12.1. The van der Waals surface area contributed by atoms with Gasteiger partial charge in [0.1, 0.15) is 17.2 Å². The molecule has 2 rings (SSSR count). The number of amides is 1. The standard InChI is InChI=1S/C16H14F2N2OS/c1-9(5-12-4-3-10(2)22-12)20-16(21)15-13(17)6-11(8-19)7-14(15)18/h3-4,6-7,9H,5H2,1-2H3,(H,20,21). The molecule has 0 saturated carbocycles. The fraction of sp³-hybridized carbons (Fsp3) is 0.250. The van der Waals surface area contributed by atoms with E-state index in [1.54, 1.807) is 24.3 Å². The largest absolute Gasteiger partial charge is 0.349 e. The Balaban J connectivity index is 2.10. The highest BCUT2D eigenvalue weighted by molar-refractivity contribution is 7.11. The number of aryl methyl sites for hydroxylation is 1. The Morgan fingerprint density at radius 2 is 2.00 bits per heavy atom. The van der Waals surface area contributed by atoms with E-state index in [9.17, 15) is 13.6 Å². The fourth-order valence-electron chi connectivity index (χ4n) is 2.10. The first-order valence-corrected chi connectivity index (χ1v) is 7.47. The summed E-state index contributed by atoms with van der Waals surface area (Å²) in [5.41, 5.74) is -0.818. The Labute approximate surface area is 131 Å². The van der Waals surface area contributed by atoms with E-state index in [1.165, 1.54) is 0 Å². The highest BCUT2D eigenvalue weighted by atomic mass is 32.1. The number of halogens is 2. The van der Waals surface area contributed by atoms with E-state index >= 15 is 0 Å². The van der Waals surface area contributed by atoms with E-state index in [-0.39, 0.29) is 11.6 Å². The lowest BCUT2D eigenvalue weighted by molar-refractivity contribution is 0.0931. The molecule has 1 atom stereocenters. The number of hydrogen-bond acceptors (Lipinski definition) is 3. The summed E-state index contributed by atoms with van der Waals surface area (Å²) in [6.07, 6.45) is 0.587. The predicted molar refractivity (Wildman–Crippen MR) is 80.8 cm³/mol. The minimum Gasteiger partial charge on any atom is -0.349 e. The van der Waals surface area contributed by atoms with Crippen molar-refractivity contribution in [2.75, 3.05) is 0 Å². The lowest BCUT2D eigenvalue weighted by Crippen LogP contribution is -2.35. The Hall–Kier alpha value is -2.26. The predicted octanol–water partition coefficient (Wildman–Crippen LogP) is 3.57. The molecule has 114 valence electrons. The average Bonchev–Trinajstić information content (AvgIpc) is 2.82. The Bertz CT molecular complexity index is 726. The summed E-state index contributed by atoms with van der Waals surface area (Å²) < 4.78 is 27.6. The van der Waals surface area contributed by atoms with Crippen molar-refractivity contribution in [3.8, 4) is 6.07 Å². The van der Waals surface area contributed by atoms with Gasteiger partial charge >= 0.3 is 0 Å². The second kappa shape index (κ2) is 6.67. The van der Waals surface area contributed by atoms with Gasteiger partial charge in [0.15, 0.2) is 0 Å². The number of rotatable bonds is 4. The summed E-state index contributed by atoms with van der Waals surface area (Å²) in [7, 11) is 0. The maximum absolute atomic E-state index is 13.8. The zero-order valence-corrected chi connectivity index (χ0v) is 12.9. The van der Waals surface area contributed by atoms with Crippen LogP contribution in [0.2, 0.25) is 0 Å². The van der Waals surface area contributed by atoms with Crippen LogP contribution in [-0.2, 0) is 6.42 Å². The maximum Gasteiger partial charge on any atom is 0.257 e. The van der Waals surface area contributed by atoms with E-state index in [1.807, 2.05) is 19.1 Å². The highest BCUT2D eigenvalue weighted by Crippen LogP contribution is 2.18. The van der Waals surface area contributed by atoms with Crippen molar-refractivity contribution in [1.29, 1.82) is 5.26 Å². The molecule has 1 N–H and O–H groups in total. The van der Waals surface area contributed by atoms with E-state index in [0.717, 1.165) is 21.9 Å². The normalized spacial score (nSPS) is 11.8. The topological polar surface area (TPSA) is 52.9 Å². The molecule has 0 aliphatic rings. The van der Waals surface area contributed by atoms with Gasteiger partial charge in [-0.2, -0.15) is 5.26 Å². The van der Waals surface area contributed by atoms with Gasteiger partial charge in [0.2, 0.25) is 0 Å². The smallest absolute Gasteiger partial charge is 0.257 e. The molecule has 0 radical (unpaired) electrons. The van der Waals surface area contributed by atoms with Crippen LogP contribution in [0, 0.1) is 29.9 Å². The molecule has 0 bridgehead atoms. The molecule has 1 aromatic heterocycles. The number of nitrogens with zero attached hydrogens (tertiary/aromatic N) is 1. The molecule has 0 saturated heterocycles. The summed E-state index contributed by atoms with van der Waals surface area (Å²) in [4.78, 5) is 14.3. The monoisotopic (exact) mass is 320 g/mol. The molecular weight excluding hydrogens is 306 g/mol. The van der Waals surface area contributed by atoms with E-state index in [0.29, 0.717) is 6.42 Å². The number of thiophene rings is 1. The minimum atomic E-state index is -1.03. The van der Waals surface area contributed by atoms with Crippen molar-refractivity contribution in [1.82, 2.24) is 5.32 Å². The number of benzene rings is 1.